The van der Waals surface area contributed by atoms with Crippen LogP contribution in [-0.2, 0) is 19.8 Å². The number of hydrogen-bond donors (Lipinski definition) is 0. The topological polar surface area (TPSA) is 53.3 Å². The summed E-state index contributed by atoms with van der Waals surface area (Å²) in [6.45, 7) is 1.81. The number of alkyl halides is 3. The van der Waals surface area contributed by atoms with Gasteiger partial charge in [-0.1, -0.05) is 18.2 Å². The Labute approximate surface area is 177 Å². The highest BCUT2D eigenvalue weighted by molar-refractivity contribution is 6.07. The summed E-state index contributed by atoms with van der Waals surface area (Å²) < 4.78 is 51.2. The summed E-state index contributed by atoms with van der Waals surface area (Å²) in [7, 11) is 3.25. The van der Waals surface area contributed by atoms with Gasteiger partial charge in [0.15, 0.2) is 5.78 Å². The summed E-state index contributed by atoms with van der Waals surface area (Å²) in [5, 5.41) is 4.06. The van der Waals surface area contributed by atoms with Crippen molar-refractivity contribution in [3.8, 4) is 11.5 Å². The molecule has 0 saturated carbocycles. The van der Waals surface area contributed by atoms with E-state index in [1.54, 1.807) is 36.0 Å². The number of hydrogen-bond acceptors (Lipinski definition) is 4. The van der Waals surface area contributed by atoms with Crippen LogP contribution in [0.25, 0.3) is 6.08 Å². The number of ketones is 1. The molecule has 3 aromatic rings. The summed E-state index contributed by atoms with van der Waals surface area (Å²) in [5.41, 5.74) is 1.85. The van der Waals surface area contributed by atoms with Crippen molar-refractivity contribution >= 4 is 11.9 Å². The third-order valence-electron chi connectivity index (χ3n) is 4.79. The number of carbonyl (C=O) groups excluding carboxylic acids is 1. The van der Waals surface area contributed by atoms with Gasteiger partial charge >= 0.3 is 6.18 Å². The molecule has 0 aliphatic heterocycles. The molecule has 5 nitrogen and oxygen atoms in total. The Balaban J connectivity index is 1.76. The van der Waals surface area contributed by atoms with Gasteiger partial charge in [-0.3, -0.25) is 9.48 Å². The SMILES string of the molecule is COc1ccc(/C=C/C(=O)c2cnn(C)c2C)cc1COc1cccc(C(F)(F)F)c1. The van der Waals surface area contributed by atoms with E-state index < -0.39 is 11.7 Å². The lowest BCUT2D eigenvalue weighted by Crippen LogP contribution is -2.05. The Bertz CT molecular complexity index is 1120. The lowest BCUT2D eigenvalue weighted by Gasteiger charge is -2.13. The first-order chi connectivity index (χ1) is 14.7. The second-order valence-electron chi connectivity index (χ2n) is 6.85. The van der Waals surface area contributed by atoms with E-state index >= 15 is 0 Å². The van der Waals surface area contributed by atoms with Gasteiger partial charge in [-0.05, 0) is 48.9 Å². The first-order valence-corrected chi connectivity index (χ1v) is 9.37. The van der Waals surface area contributed by atoms with Gasteiger partial charge in [-0.15, -0.1) is 0 Å². The molecule has 2 aromatic carbocycles. The largest absolute Gasteiger partial charge is 0.496 e. The minimum Gasteiger partial charge on any atom is -0.496 e. The predicted octanol–water partition coefficient (Wildman–Crippen LogP) is 5.23. The number of benzene rings is 2. The van der Waals surface area contributed by atoms with Gasteiger partial charge in [-0.25, -0.2) is 0 Å². The number of aryl methyl sites for hydroxylation is 1. The molecular weight excluding hydrogens is 409 g/mol. The average molecular weight is 430 g/mol. The van der Waals surface area contributed by atoms with Crippen LogP contribution in [0.3, 0.4) is 0 Å². The molecule has 0 saturated heterocycles. The highest BCUT2D eigenvalue weighted by atomic mass is 19.4. The minimum absolute atomic E-state index is 0.00181. The van der Waals surface area contributed by atoms with Crippen molar-refractivity contribution in [1.29, 1.82) is 0 Å². The molecule has 0 unspecified atom stereocenters. The fourth-order valence-electron chi connectivity index (χ4n) is 2.94. The quantitative estimate of drug-likeness (QED) is 0.380. The molecule has 0 spiro atoms. The standard InChI is InChI=1S/C23H21F3N2O3/c1-15-20(13-27-28(15)2)21(29)9-7-16-8-10-22(30-3)17(11-16)14-31-19-6-4-5-18(12-19)23(24,25)26/h4-13H,14H2,1-3H3/b9-7+. The number of nitrogens with zero attached hydrogens (tertiary/aromatic N) is 2. The molecule has 162 valence electrons. The van der Waals surface area contributed by atoms with Crippen molar-refractivity contribution in [2.75, 3.05) is 7.11 Å². The van der Waals surface area contributed by atoms with Crippen molar-refractivity contribution in [3.63, 3.8) is 0 Å². The fourth-order valence-corrected chi connectivity index (χ4v) is 2.94. The van der Waals surface area contributed by atoms with Gasteiger partial charge in [0.25, 0.3) is 0 Å². The van der Waals surface area contributed by atoms with Crippen LogP contribution in [-0.4, -0.2) is 22.7 Å². The molecule has 8 heteroatoms. The average Bonchev–Trinajstić information content (AvgIpc) is 3.08. The van der Waals surface area contributed by atoms with Gasteiger partial charge in [-0.2, -0.15) is 18.3 Å². The van der Waals surface area contributed by atoms with E-state index in [0.29, 0.717) is 16.9 Å². The Hall–Kier alpha value is -3.55. The van der Waals surface area contributed by atoms with Gasteiger partial charge in [0.2, 0.25) is 0 Å². The van der Waals surface area contributed by atoms with Crippen molar-refractivity contribution in [1.82, 2.24) is 9.78 Å². The maximum atomic E-state index is 12.9. The van der Waals surface area contributed by atoms with Gasteiger partial charge in [0, 0.05) is 18.3 Å². The van der Waals surface area contributed by atoms with Crippen LogP contribution in [0.2, 0.25) is 0 Å². The van der Waals surface area contributed by atoms with Crippen molar-refractivity contribution in [3.05, 3.63) is 82.7 Å². The number of allylic oxidation sites excluding steroid dienone is 1. The summed E-state index contributed by atoms with van der Waals surface area (Å²) >= 11 is 0. The smallest absolute Gasteiger partial charge is 0.416 e. The first kappa shape index (κ1) is 22.1. The Morgan fingerprint density at radius 1 is 1.19 bits per heavy atom. The Morgan fingerprint density at radius 3 is 2.61 bits per heavy atom. The molecule has 0 radical (unpaired) electrons. The summed E-state index contributed by atoms with van der Waals surface area (Å²) in [5.74, 6) is 0.446. The predicted molar refractivity (Wildman–Crippen MR) is 110 cm³/mol. The van der Waals surface area contributed by atoms with Gasteiger partial charge in [0.05, 0.1) is 24.4 Å². The van der Waals surface area contributed by atoms with Crippen LogP contribution in [0.15, 0.2) is 54.7 Å². The molecular formula is C23H21F3N2O3. The molecule has 0 fully saturated rings. The minimum atomic E-state index is -4.44. The van der Waals surface area contributed by atoms with Crippen LogP contribution >= 0.6 is 0 Å². The number of aromatic nitrogens is 2. The molecule has 0 aliphatic carbocycles. The number of halogens is 3. The highest BCUT2D eigenvalue weighted by Gasteiger charge is 2.30. The Kier molecular flexibility index (Phi) is 6.48. The van der Waals surface area contributed by atoms with Gasteiger partial charge in [0.1, 0.15) is 18.1 Å². The van der Waals surface area contributed by atoms with Crippen LogP contribution in [0.1, 0.15) is 32.7 Å². The van der Waals surface area contributed by atoms with E-state index in [9.17, 15) is 18.0 Å². The zero-order valence-electron chi connectivity index (χ0n) is 17.2. The van der Waals surface area contributed by atoms with E-state index in [1.807, 2.05) is 6.92 Å². The highest BCUT2D eigenvalue weighted by Crippen LogP contribution is 2.32. The first-order valence-electron chi connectivity index (χ1n) is 9.37. The second kappa shape index (κ2) is 9.07. The number of carbonyl (C=O) groups is 1. The maximum Gasteiger partial charge on any atom is 0.416 e. The molecule has 1 heterocycles. The number of methoxy groups -OCH3 is 1. The molecule has 1 aromatic heterocycles. The van der Waals surface area contributed by atoms with E-state index in [2.05, 4.69) is 5.10 Å². The van der Waals surface area contributed by atoms with E-state index in [0.717, 1.165) is 23.4 Å². The number of ether oxygens (including phenoxy) is 2. The molecule has 3 rings (SSSR count). The molecule has 0 atom stereocenters. The van der Waals surface area contributed by atoms with Crippen molar-refractivity contribution in [2.24, 2.45) is 7.05 Å². The third kappa shape index (κ3) is 5.33. The summed E-state index contributed by atoms with van der Waals surface area (Å²) in [6, 6.07) is 9.93. The second-order valence-corrected chi connectivity index (χ2v) is 6.85. The Morgan fingerprint density at radius 2 is 1.97 bits per heavy atom. The normalized spacial score (nSPS) is 11.7. The van der Waals surface area contributed by atoms with Crippen molar-refractivity contribution in [2.45, 2.75) is 19.7 Å². The van der Waals surface area contributed by atoms with Crippen LogP contribution < -0.4 is 9.47 Å². The van der Waals surface area contributed by atoms with Crippen LogP contribution in [0.5, 0.6) is 11.5 Å². The zero-order chi connectivity index (χ0) is 22.6. The monoisotopic (exact) mass is 430 g/mol. The lowest BCUT2D eigenvalue weighted by molar-refractivity contribution is -0.137. The van der Waals surface area contributed by atoms with Gasteiger partial charge < -0.3 is 9.47 Å². The van der Waals surface area contributed by atoms with E-state index in [-0.39, 0.29) is 18.1 Å². The lowest BCUT2D eigenvalue weighted by atomic mass is 10.1. The van der Waals surface area contributed by atoms with Crippen LogP contribution in [0.4, 0.5) is 13.2 Å². The summed E-state index contributed by atoms with van der Waals surface area (Å²) in [6.07, 6.45) is 0.177. The molecule has 0 bridgehead atoms. The maximum absolute atomic E-state index is 12.9. The summed E-state index contributed by atoms with van der Waals surface area (Å²) in [4.78, 5) is 12.4. The number of rotatable bonds is 7. The zero-order valence-corrected chi connectivity index (χ0v) is 17.2. The van der Waals surface area contributed by atoms with E-state index in [1.165, 1.54) is 31.5 Å². The molecule has 0 N–H and O–H groups in total. The molecule has 31 heavy (non-hydrogen) atoms. The van der Waals surface area contributed by atoms with Crippen LogP contribution in [0, 0.1) is 6.92 Å². The van der Waals surface area contributed by atoms with Crippen molar-refractivity contribution < 1.29 is 27.4 Å². The third-order valence-corrected chi connectivity index (χ3v) is 4.79. The fraction of sp³-hybridized carbons (Fsp3) is 0.217. The van der Waals surface area contributed by atoms with E-state index in [4.69, 9.17) is 9.47 Å². The molecule has 0 aliphatic rings. The molecule has 0 amide bonds.